The predicted octanol–water partition coefficient (Wildman–Crippen LogP) is 6.70. The molecule has 7 rings (SSSR count). The Morgan fingerprint density at radius 1 is 1.03 bits per heavy atom. The molecule has 1 unspecified atom stereocenters. The summed E-state index contributed by atoms with van der Waals surface area (Å²) in [5, 5.41) is 19.4. The minimum Gasteiger partial charge on any atom is -0.508 e. The van der Waals surface area contributed by atoms with Crippen LogP contribution < -0.4 is 16.1 Å². The standard InChI is InChI=1S/C55H69N9O8/c1-11-63-45-20-18-36-29-41(45)42(50(63)40-15-12-22-56-48(40)34(4)71-10)30-55(5,6)32-72-54(70)43-16-13-24-64(60-43)53(69)44(27-35-25-38(36)28-39(65)26-35)58-51(67)49(33(2)3)62(9)52(68)37-19-21-46(57-31-37)59-47(66)17-14-23-61(7)8/h12,14-15,17-22,25-26,28-29,31,33-34,43-44,49,60,65H,11,13,16,23-24,27,30,32H2,1-10H3,(H,58,67)(H,57,59,66)/b17-14+/t34-,43-,44-,49?/m0/s1. The summed E-state index contributed by atoms with van der Waals surface area (Å²) in [6, 6.07) is 15.3. The number of cyclic esters (lactones) is 1. The minimum absolute atomic E-state index is 0.0273. The van der Waals surface area contributed by atoms with Crippen molar-refractivity contribution in [1.82, 2.24) is 40.1 Å². The molecule has 0 saturated carbocycles. The number of aromatic nitrogens is 3. The summed E-state index contributed by atoms with van der Waals surface area (Å²) < 4.78 is 14.2. The number of carbonyl (C=O) groups is 5. The largest absolute Gasteiger partial charge is 0.508 e. The van der Waals surface area contributed by atoms with Crippen molar-refractivity contribution in [2.75, 3.05) is 53.3 Å². The SMILES string of the molecule is CCn1c(-c2cccnc2[C@H](C)OC)c2c3cc(ccc31)-c1cc(O)cc(c1)C[C@H](NC(=O)C(C(C)C)N(C)C(=O)c1ccc(NC(=O)/C=C/CN(C)C)nc1)C(=O)N1CCC[C@H](N1)C(=O)OCC(C)(C)C2. The number of rotatable bonds is 13. The van der Waals surface area contributed by atoms with Gasteiger partial charge in [0, 0.05) is 80.6 Å². The van der Waals surface area contributed by atoms with Crippen molar-refractivity contribution in [3.05, 3.63) is 108 Å². The molecule has 4 N–H and O–H groups in total. The van der Waals surface area contributed by atoms with E-state index in [1.165, 1.54) is 41.4 Å². The highest BCUT2D eigenvalue weighted by molar-refractivity contribution is 6.00. The Kier molecular flexibility index (Phi) is 16.6. The van der Waals surface area contributed by atoms with Crippen LogP contribution >= 0.6 is 0 Å². The third-order valence-electron chi connectivity index (χ3n) is 13.3. The van der Waals surface area contributed by atoms with E-state index in [1.807, 2.05) is 44.1 Å². The van der Waals surface area contributed by atoms with Crippen LogP contribution in [0.25, 0.3) is 33.3 Å². The van der Waals surface area contributed by atoms with Gasteiger partial charge in [-0.15, -0.1) is 0 Å². The van der Waals surface area contributed by atoms with Crippen LogP contribution in [0, 0.1) is 11.3 Å². The second-order valence-electron chi connectivity index (χ2n) is 20.2. The normalized spacial score (nSPS) is 18.2. The quantitative estimate of drug-likeness (QED) is 0.0720. The van der Waals surface area contributed by atoms with Crippen LogP contribution in [0.3, 0.4) is 0 Å². The lowest BCUT2D eigenvalue weighted by Crippen LogP contribution is -2.62. The van der Waals surface area contributed by atoms with E-state index in [4.69, 9.17) is 14.5 Å². The van der Waals surface area contributed by atoms with E-state index in [1.54, 1.807) is 45.4 Å². The molecule has 17 heteroatoms. The predicted molar refractivity (Wildman–Crippen MR) is 277 cm³/mol. The Morgan fingerprint density at radius 2 is 1.81 bits per heavy atom. The van der Waals surface area contributed by atoms with Gasteiger partial charge in [0.1, 0.15) is 29.7 Å². The highest BCUT2D eigenvalue weighted by Crippen LogP contribution is 2.42. The number of carbonyl (C=O) groups excluding carboxylic acids is 5. The van der Waals surface area contributed by atoms with Gasteiger partial charge in [0.2, 0.25) is 11.8 Å². The third-order valence-corrected chi connectivity index (χ3v) is 13.3. The first-order valence-electron chi connectivity index (χ1n) is 24.7. The fraction of sp³-hybridized carbons (Fsp3) is 0.436. The molecule has 5 heterocycles. The van der Waals surface area contributed by atoms with Gasteiger partial charge >= 0.3 is 5.97 Å². The number of phenols is 1. The van der Waals surface area contributed by atoms with Crippen LogP contribution in [0.1, 0.15) is 87.7 Å². The van der Waals surface area contributed by atoms with Crippen LogP contribution in [-0.2, 0) is 48.0 Å². The maximum absolute atomic E-state index is 14.8. The average Bonchev–Trinajstić information content (AvgIpc) is 3.65. The van der Waals surface area contributed by atoms with Crippen LogP contribution in [0.2, 0.25) is 0 Å². The van der Waals surface area contributed by atoms with Crippen LogP contribution in [0.15, 0.2) is 85.2 Å². The highest BCUT2D eigenvalue weighted by atomic mass is 16.5. The summed E-state index contributed by atoms with van der Waals surface area (Å²) in [6.45, 7) is 13.4. The topological polar surface area (TPSA) is 201 Å². The van der Waals surface area contributed by atoms with E-state index in [-0.39, 0.29) is 48.7 Å². The third kappa shape index (κ3) is 12.0. The molecule has 17 nitrogen and oxygen atoms in total. The number of likely N-dealkylation sites (N-methyl/N-ethyl adjacent to an activating group) is 2. The number of anilines is 1. The van der Waals surface area contributed by atoms with Gasteiger partial charge in [-0.25, -0.2) is 10.4 Å². The molecule has 0 radical (unpaired) electrons. The van der Waals surface area contributed by atoms with Crippen LogP contribution in [0.4, 0.5) is 5.82 Å². The minimum atomic E-state index is -1.20. The van der Waals surface area contributed by atoms with Crippen molar-refractivity contribution in [2.45, 2.75) is 98.0 Å². The van der Waals surface area contributed by atoms with Crippen molar-refractivity contribution < 1.29 is 38.6 Å². The highest BCUT2D eigenvalue weighted by Gasteiger charge is 2.38. The number of hydrogen-bond acceptors (Lipinski definition) is 12. The number of nitrogens with one attached hydrogen (secondary N) is 3. The Balaban J connectivity index is 1.25. The van der Waals surface area contributed by atoms with Crippen molar-refractivity contribution in [3.63, 3.8) is 0 Å². The number of phenolic OH excluding ortho intramolecular Hbond substituents is 1. The van der Waals surface area contributed by atoms with Gasteiger partial charge in [-0.2, -0.15) is 0 Å². The summed E-state index contributed by atoms with van der Waals surface area (Å²) in [7, 11) is 6.96. The second-order valence-corrected chi connectivity index (χ2v) is 20.2. The fourth-order valence-corrected chi connectivity index (χ4v) is 9.71. The van der Waals surface area contributed by atoms with Gasteiger partial charge < -0.3 is 39.6 Å². The number of methoxy groups -OCH3 is 1. The van der Waals surface area contributed by atoms with E-state index in [0.717, 1.165) is 39.0 Å². The molecule has 2 aliphatic heterocycles. The Bertz CT molecular complexity index is 2840. The van der Waals surface area contributed by atoms with Crippen LogP contribution in [0.5, 0.6) is 5.75 Å². The lowest BCUT2D eigenvalue weighted by Gasteiger charge is -2.36. The van der Waals surface area contributed by atoms with Gasteiger partial charge in [-0.05, 0) is 124 Å². The lowest BCUT2D eigenvalue weighted by molar-refractivity contribution is -0.155. The number of pyridine rings is 2. The van der Waals surface area contributed by atoms with E-state index < -0.39 is 53.1 Å². The summed E-state index contributed by atoms with van der Waals surface area (Å²) in [5.74, 6) is -2.63. The zero-order chi connectivity index (χ0) is 52.0. The number of fused-ring (bicyclic) bond motifs is 6. The molecule has 3 aromatic heterocycles. The molecule has 4 atom stereocenters. The van der Waals surface area contributed by atoms with E-state index in [2.05, 4.69) is 64.6 Å². The zero-order valence-corrected chi connectivity index (χ0v) is 43.1. The molecule has 4 amide bonds. The van der Waals surface area contributed by atoms with Crippen molar-refractivity contribution in [1.29, 1.82) is 0 Å². The van der Waals surface area contributed by atoms with Gasteiger partial charge in [-0.1, -0.05) is 45.9 Å². The van der Waals surface area contributed by atoms with Crippen molar-refractivity contribution in [2.24, 2.45) is 11.3 Å². The Morgan fingerprint density at radius 3 is 2.50 bits per heavy atom. The number of amides is 4. The molecule has 2 aliphatic rings. The number of aromatic hydroxyl groups is 1. The number of benzene rings is 2. The van der Waals surface area contributed by atoms with Gasteiger partial charge in [-0.3, -0.25) is 34.0 Å². The number of hydrazine groups is 1. The van der Waals surface area contributed by atoms with Crippen molar-refractivity contribution in [3.8, 4) is 28.1 Å². The van der Waals surface area contributed by atoms with E-state index in [9.17, 15) is 29.1 Å². The smallest absolute Gasteiger partial charge is 0.324 e. The van der Waals surface area contributed by atoms with E-state index in [0.29, 0.717) is 43.5 Å². The average molecular weight is 984 g/mol. The number of esters is 1. The summed E-state index contributed by atoms with van der Waals surface area (Å²) in [4.78, 5) is 82.1. The van der Waals surface area contributed by atoms with Gasteiger partial charge in [0.25, 0.3) is 11.8 Å². The molecule has 0 spiro atoms. The zero-order valence-electron chi connectivity index (χ0n) is 43.1. The molecule has 382 valence electrons. The summed E-state index contributed by atoms with van der Waals surface area (Å²) in [6.07, 6.45) is 7.35. The molecule has 1 saturated heterocycles. The lowest BCUT2D eigenvalue weighted by atomic mass is 9.84. The second kappa shape index (κ2) is 22.6. The monoisotopic (exact) mass is 984 g/mol. The molecule has 2 aromatic carbocycles. The molecule has 5 aromatic rings. The number of hydrogen-bond donors (Lipinski definition) is 4. The van der Waals surface area contributed by atoms with Gasteiger partial charge in [0.05, 0.1) is 29.7 Å². The van der Waals surface area contributed by atoms with Crippen molar-refractivity contribution >= 4 is 46.3 Å². The number of nitrogens with zero attached hydrogens (tertiary/aromatic N) is 6. The maximum Gasteiger partial charge on any atom is 0.324 e. The van der Waals surface area contributed by atoms with Gasteiger partial charge in [0.15, 0.2) is 0 Å². The summed E-state index contributed by atoms with van der Waals surface area (Å²) in [5.41, 5.74) is 9.61. The number of aryl methyl sites for hydroxylation is 1. The Labute approximate surface area is 421 Å². The Hall–Kier alpha value is -6.95. The number of ether oxygens (including phenoxy) is 2. The first kappa shape index (κ1) is 52.9. The van der Waals surface area contributed by atoms with E-state index >= 15 is 0 Å². The first-order valence-corrected chi connectivity index (χ1v) is 24.7. The van der Waals surface area contributed by atoms with Crippen LogP contribution in [-0.4, -0.2) is 130 Å². The maximum atomic E-state index is 14.8. The fourth-order valence-electron chi connectivity index (χ4n) is 9.71. The molecule has 1 fully saturated rings. The molecule has 0 aliphatic carbocycles. The summed E-state index contributed by atoms with van der Waals surface area (Å²) >= 11 is 0. The molecular formula is C55H69N9O8. The first-order chi connectivity index (χ1) is 34.3. The molecule has 72 heavy (non-hydrogen) atoms. The molecular weight excluding hydrogens is 915 g/mol. The molecule has 6 bridgehead atoms.